The Labute approximate surface area is 118 Å². The van der Waals surface area contributed by atoms with Crippen LogP contribution in [0.25, 0.3) is 21.8 Å². The largest absolute Gasteiger partial charge is 0.423 e. The molecule has 2 heterocycles. The maximum absolute atomic E-state index is 11.1. The van der Waals surface area contributed by atoms with Gasteiger partial charge in [0, 0.05) is 23.9 Å². The van der Waals surface area contributed by atoms with Gasteiger partial charge < -0.3 is 9.72 Å². The first-order chi connectivity index (χ1) is 9.08. The maximum Gasteiger partial charge on any atom is 0.308 e. The first-order valence-corrected chi connectivity index (χ1v) is 6.25. The zero-order valence-corrected chi connectivity index (χ0v) is 11.3. The molecule has 6 heteroatoms. The number of ether oxygens (including phenoxy) is 1. The number of aromatic nitrogens is 2. The number of fused-ring (bicyclic) bond motifs is 3. The summed E-state index contributed by atoms with van der Waals surface area (Å²) < 4.78 is 5.04. The fourth-order valence-electron chi connectivity index (χ4n) is 2.04. The number of hydrogen-bond acceptors (Lipinski definition) is 3. The Bertz CT molecular complexity index is 811. The number of hydrogen-bond donors (Lipinski definition) is 1. The minimum atomic E-state index is -0.471. The van der Waals surface area contributed by atoms with Crippen LogP contribution in [0.3, 0.4) is 0 Å². The minimum absolute atomic E-state index is 0.169. The quantitative estimate of drug-likeness (QED) is 0.546. The Balaban J connectivity index is 2.38. The third-order valence-electron chi connectivity index (χ3n) is 2.79. The molecule has 4 nitrogen and oxygen atoms in total. The molecule has 2 aromatic heterocycles. The van der Waals surface area contributed by atoms with Crippen LogP contribution >= 0.6 is 23.2 Å². The number of carbonyl (C=O) groups excluding carboxylic acids is 1. The topological polar surface area (TPSA) is 55.0 Å². The SMILES string of the molecule is CC(=O)Oc1c(Cl)cc2c([nH]c3cnccc32)c1Cl. The van der Waals surface area contributed by atoms with Gasteiger partial charge in [0.15, 0.2) is 5.75 Å². The van der Waals surface area contributed by atoms with Crippen LogP contribution in [0.15, 0.2) is 24.5 Å². The summed E-state index contributed by atoms with van der Waals surface area (Å²) in [5.41, 5.74) is 1.51. The summed E-state index contributed by atoms with van der Waals surface area (Å²) in [5, 5.41) is 2.41. The number of nitrogens with zero attached hydrogens (tertiary/aromatic N) is 1. The van der Waals surface area contributed by atoms with E-state index in [-0.39, 0.29) is 10.8 Å². The van der Waals surface area contributed by atoms with Gasteiger partial charge >= 0.3 is 5.97 Å². The van der Waals surface area contributed by atoms with Gasteiger partial charge in [0.1, 0.15) is 5.02 Å². The minimum Gasteiger partial charge on any atom is -0.423 e. The summed E-state index contributed by atoms with van der Waals surface area (Å²) in [4.78, 5) is 18.2. The summed E-state index contributed by atoms with van der Waals surface area (Å²) in [6, 6.07) is 3.59. The monoisotopic (exact) mass is 294 g/mol. The van der Waals surface area contributed by atoms with Gasteiger partial charge in [-0.15, -0.1) is 0 Å². The Morgan fingerprint density at radius 3 is 2.89 bits per heavy atom. The van der Waals surface area contributed by atoms with E-state index in [1.807, 2.05) is 6.07 Å². The third kappa shape index (κ3) is 1.93. The van der Waals surface area contributed by atoms with Crippen LogP contribution in [0.1, 0.15) is 6.92 Å². The molecule has 0 saturated carbocycles. The van der Waals surface area contributed by atoms with E-state index in [1.54, 1.807) is 18.5 Å². The second-order valence-corrected chi connectivity index (χ2v) is 4.85. The van der Waals surface area contributed by atoms with Crippen molar-refractivity contribution in [1.29, 1.82) is 0 Å². The lowest BCUT2D eigenvalue weighted by atomic mass is 10.2. The fraction of sp³-hybridized carbons (Fsp3) is 0.0769. The molecule has 3 aromatic rings. The van der Waals surface area contributed by atoms with Gasteiger partial charge in [-0.3, -0.25) is 9.78 Å². The lowest BCUT2D eigenvalue weighted by molar-refractivity contribution is -0.131. The standard InChI is InChI=1S/C13H8Cl2N2O2/c1-6(18)19-13-9(14)4-8-7-2-3-16-5-10(7)17-12(8)11(13)15/h2-5,17H,1H3. The van der Waals surface area contributed by atoms with E-state index < -0.39 is 5.97 Å². The second-order valence-electron chi connectivity index (χ2n) is 4.06. The van der Waals surface area contributed by atoms with E-state index in [9.17, 15) is 4.79 Å². The first kappa shape index (κ1) is 12.3. The summed E-state index contributed by atoms with van der Waals surface area (Å²) >= 11 is 12.4. The molecule has 0 aliphatic heterocycles. The predicted molar refractivity (Wildman–Crippen MR) is 74.9 cm³/mol. The van der Waals surface area contributed by atoms with Gasteiger partial charge in [0.2, 0.25) is 0 Å². The number of halogens is 2. The van der Waals surface area contributed by atoms with E-state index in [0.717, 1.165) is 16.3 Å². The van der Waals surface area contributed by atoms with Crippen LogP contribution < -0.4 is 4.74 Å². The van der Waals surface area contributed by atoms with E-state index in [0.29, 0.717) is 10.5 Å². The maximum atomic E-state index is 11.1. The average molecular weight is 295 g/mol. The fourth-order valence-corrected chi connectivity index (χ4v) is 2.62. The van der Waals surface area contributed by atoms with E-state index in [2.05, 4.69) is 9.97 Å². The van der Waals surface area contributed by atoms with Crippen molar-refractivity contribution < 1.29 is 9.53 Å². The number of carbonyl (C=O) groups is 1. The number of rotatable bonds is 1. The van der Waals surface area contributed by atoms with Gasteiger partial charge in [0.25, 0.3) is 0 Å². The molecule has 0 fully saturated rings. The Kier molecular flexibility index (Phi) is 2.84. The Morgan fingerprint density at radius 2 is 2.16 bits per heavy atom. The number of nitrogens with one attached hydrogen (secondary N) is 1. The van der Waals surface area contributed by atoms with Crippen molar-refractivity contribution in [3.63, 3.8) is 0 Å². The number of H-pyrrole nitrogens is 1. The molecule has 0 spiro atoms. The molecule has 0 aliphatic carbocycles. The number of aromatic amines is 1. The summed E-state index contributed by atoms with van der Waals surface area (Å²) in [7, 11) is 0. The Hall–Kier alpha value is -1.78. The van der Waals surface area contributed by atoms with E-state index in [1.165, 1.54) is 6.92 Å². The highest BCUT2D eigenvalue weighted by Gasteiger charge is 2.17. The van der Waals surface area contributed by atoms with Crippen LogP contribution in [0.2, 0.25) is 10.0 Å². The highest BCUT2D eigenvalue weighted by atomic mass is 35.5. The normalized spacial score (nSPS) is 11.1. The summed E-state index contributed by atoms with van der Waals surface area (Å²) in [5.74, 6) is -0.302. The van der Waals surface area contributed by atoms with Crippen molar-refractivity contribution in [2.24, 2.45) is 0 Å². The molecule has 0 saturated heterocycles. The van der Waals surface area contributed by atoms with Crippen molar-refractivity contribution >= 4 is 51.0 Å². The molecule has 0 amide bonds. The highest BCUT2D eigenvalue weighted by Crippen LogP contribution is 2.41. The van der Waals surface area contributed by atoms with Crippen LogP contribution in [-0.2, 0) is 4.79 Å². The van der Waals surface area contributed by atoms with Crippen LogP contribution in [0.4, 0.5) is 0 Å². The zero-order valence-electron chi connectivity index (χ0n) is 9.83. The molecule has 96 valence electrons. The number of pyridine rings is 1. The van der Waals surface area contributed by atoms with Crippen molar-refractivity contribution in [2.45, 2.75) is 6.92 Å². The van der Waals surface area contributed by atoms with Crippen molar-refractivity contribution in [2.75, 3.05) is 0 Å². The molecule has 0 bridgehead atoms. The molecule has 0 aliphatic rings. The van der Waals surface area contributed by atoms with Crippen molar-refractivity contribution in [3.05, 3.63) is 34.6 Å². The first-order valence-electron chi connectivity index (χ1n) is 5.49. The zero-order chi connectivity index (χ0) is 13.6. The second kappa shape index (κ2) is 4.40. The summed E-state index contributed by atoms with van der Waals surface area (Å²) in [6.07, 6.45) is 3.39. The van der Waals surface area contributed by atoms with E-state index in [4.69, 9.17) is 27.9 Å². The lowest BCUT2D eigenvalue weighted by Gasteiger charge is -2.07. The molecule has 0 unspecified atom stereocenters. The highest BCUT2D eigenvalue weighted by molar-refractivity contribution is 6.42. The van der Waals surface area contributed by atoms with Gasteiger partial charge in [-0.2, -0.15) is 0 Å². The van der Waals surface area contributed by atoms with Crippen molar-refractivity contribution in [1.82, 2.24) is 9.97 Å². The molecule has 1 aromatic carbocycles. The van der Waals surface area contributed by atoms with Gasteiger partial charge in [-0.05, 0) is 12.1 Å². The predicted octanol–water partition coefficient (Wildman–Crippen LogP) is 3.95. The van der Waals surface area contributed by atoms with Gasteiger partial charge in [-0.1, -0.05) is 23.2 Å². The average Bonchev–Trinajstić information content (AvgIpc) is 2.73. The number of benzene rings is 1. The van der Waals surface area contributed by atoms with Crippen LogP contribution in [-0.4, -0.2) is 15.9 Å². The van der Waals surface area contributed by atoms with Crippen molar-refractivity contribution in [3.8, 4) is 5.75 Å². The van der Waals surface area contributed by atoms with Gasteiger partial charge in [0.05, 0.1) is 22.3 Å². The smallest absolute Gasteiger partial charge is 0.308 e. The molecule has 0 radical (unpaired) electrons. The summed E-state index contributed by atoms with van der Waals surface area (Å²) in [6.45, 7) is 1.30. The molecular formula is C13H8Cl2N2O2. The molecule has 3 rings (SSSR count). The third-order valence-corrected chi connectivity index (χ3v) is 3.43. The Morgan fingerprint density at radius 1 is 1.37 bits per heavy atom. The van der Waals surface area contributed by atoms with Crippen LogP contribution in [0.5, 0.6) is 5.75 Å². The van der Waals surface area contributed by atoms with Gasteiger partial charge in [-0.25, -0.2) is 0 Å². The molecule has 1 N–H and O–H groups in total. The van der Waals surface area contributed by atoms with E-state index >= 15 is 0 Å². The molecule has 19 heavy (non-hydrogen) atoms. The lowest BCUT2D eigenvalue weighted by Crippen LogP contribution is -2.02. The molecule has 0 atom stereocenters. The number of esters is 1. The van der Waals surface area contributed by atoms with Crippen LogP contribution in [0, 0.1) is 0 Å². The molecular weight excluding hydrogens is 287 g/mol.